The molecule has 2 aromatic rings. The first-order chi connectivity index (χ1) is 8.20. The second-order valence-electron chi connectivity index (χ2n) is 3.74. The predicted molar refractivity (Wildman–Crippen MR) is 62.8 cm³/mol. The molecule has 2 rings (SSSR count). The van der Waals surface area contributed by atoms with Crippen LogP contribution in [0.1, 0.15) is 28.5 Å². The van der Waals surface area contributed by atoms with Crippen LogP contribution in [0.4, 0.5) is 5.82 Å². The molecule has 0 fully saturated rings. The molecule has 0 radical (unpaired) electrons. The van der Waals surface area contributed by atoms with Crippen LogP contribution in [0, 0.1) is 6.92 Å². The van der Waals surface area contributed by atoms with Crippen molar-refractivity contribution in [1.29, 1.82) is 0 Å². The van der Waals surface area contributed by atoms with E-state index in [0.717, 1.165) is 5.56 Å². The maximum Gasteiger partial charge on any atom is 0.256 e. The van der Waals surface area contributed by atoms with Gasteiger partial charge in [0.2, 0.25) is 5.82 Å². The molecular formula is C12H13N3O2. The van der Waals surface area contributed by atoms with Crippen LogP contribution in [-0.2, 0) is 6.42 Å². The lowest BCUT2D eigenvalue weighted by atomic mass is 10.1. The number of rotatable bonds is 3. The second-order valence-corrected chi connectivity index (χ2v) is 3.74. The van der Waals surface area contributed by atoms with Gasteiger partial charge in [-0.3, -0.25) is 4.79 Å². The highest BCUT2D eigenvalue weighted by molar-refractivity contribution is 6.04. The molecule has 5 heteroatoms. The van der Waals surface area contributed by atoms with E-state index in [1.54, 1.807) is 6.07 Å². The number of anilines is 1. The number of hydrogen-bond donors (Lipinski definition) is 1. The van der Waals surface area contributed by atoms with Gasteiger partial charge in [0.1, 0.15) is 5.69 Å². The first-order valence-electron chi connectivity index (χ1n) is 5.40. The monoisotopic (exact) mass is 231 g/mol. The zero-order valence-electron chi connectivity index (χ0n) is 9.73. The van der Waals surface area contributed by atoms with E-state index in [0.29, 0.717) is 23.5 Å². The third-order valence-electron chi connectivity index (χ3n) is 2.40. The number of carbonyl (C=O) groups is 1. The van der Waals surface area contributed by atoms with Crippen LogP contribution in [0.3, 0.4) is 0 Å². The van der Waals surface area contributed by atoms with E-state index in [2.05, 4.69) is 20.3 Å². The second kappa shape index (κ2) is 4.78. The molecule has 5 nitrogen and oxygen atoms in total. The molecule has 0 spiro atoms. The van der Waals surface area contributed by atoms with Crippen molar-refractivity contribution < 1.29 is 9.42 Å². The van der Waals surface area contributed by atoms with Crippen molar-refractivity contribution in [2.75, 3.05) is 5.32 Å². The molecular weight excluding hydrogens is 218 g/mol. The van der Waals surface area contributed by atoms with Crippen molar-refractivity contribution in [3.63, 3.8) is 0 Å². The predicted octanol–water partition coefficient (Wildman–Crippen LogP) is 2.19. The molecule has 88 valence electrons. The van der Waals surface area contributed by atoms with E-state index in [1.807, 2.05) is 32.0 Å². The lowest BCUT2D eigenvalue weighted by Gasteiger charge is -2.02. The van der Waals surface area contributed by atoms with Crippen molar-refractivity contribution in [2.24, 2.45) is 0 Å². The molecule has 17 heavy (non-hydrogen) atoms. The summed E-state index contributed by atoms with van der Waals surface area (Å²) in [5.41, 5.74) is 2.27. The summed E-state index contributed by atoms with van der Waals surface area (Å²) in [5.74, 6) is 0.179. The standard InChI is InChI=1S/C12H13N3O2/c1-3-10-11(15-17-14-10)13-12(16)9-6-4-5-8(2)7-9/h4-7H,3H2,1-2H3,(H,13,15,16). The van der Waals surface area contributed by atoms with Crippen LogP contribution in [0.15, 0.2) is 28.9 Å². The van der Waals surface area contributed by atoms with Gasteiger partial charge >= 0.3 is 0 Å². The first-order valence-corrected chi connectivity index (χ1v) is 5.40. The number of benzene rings is 1. The van der Waals surface area contributed by atoms with Gasteiger partial charge in [0.25, 0.3) is 5.91 Å². The number of nitrogens with one attached hydrogen (secondary N) is 1. The van der Waals surface area contributed by atoms with Crippen LogP contribution in [0.25, 0.3) is 0 Å². The van der Waals surface area contributed by atoms with Gasteiger partial charge in [-0.25, -0.2) is 4.63 Å². The van der Waals surface area contributed by atoms with Crippen molar-refractivity contribution in [2.45, 2.75) is 20.3 Å². The Morgan fingerprint density at radius 3 is 2.94 bits per heavy atom. The maximum absolute atomic E-state index is 11.9. The van der Waals surface area contributed by atoms with E-state index in [4.69, 9.17) is 0 Å². The average molecular weight is 231 g/mol. The minimum Gasteiger partial charge on any atom is -0.302 e. The lowest BCUT2D eigenvalue weighted by molar-refractivity contribution is 0.102. The fourth-order valence-electron chi connectivity index (χ4n) is 1.50. The molecule has 1 aromatic heterocycles. The number of amides is 1. The highest BCUT2D eigenvalue weighted by Crippen LogP contribution is 2.12. The van der Waals surface area contributed by atoms with Crippen molar-refractivity contribution >= 4 is 11.7 Å². The van der Waals surface area contributed by atoms with Gasteiger partial charge in [-0.2, -0.15) is 0 Å². The molecule has 0 bridgehead atoms. The number of aryl methyl sites for hydroxylation is 2. The summed E-state index contributed by atoms with van der Waals surface area (Å²) in [5, 5.41) is 10.0. The molecule has 1 N–H and O–H groups in total. The normalized spacial score (nSPS) is 10.2. The molecule has 1 aromatic carbocycles. The number of aromatic nitrogens is 2. The summed E-state index contributed by atoms with van der Waals surface area (Å²) in [4.78, 5) is 11.9. The van der Waals surface area contributed by atoms with Crippen molar-refractivity contribution in [1.82, 2.24) is 10.3 Å². The zero-order valence-corrected chi connectivity index (χ0v) is 9.73. The van der Waals surface area contributed by atoms with Crippen molar-refractivity contribution in [3.05, 3.63) is 41.1 Å². The van der Waals surface area contributed by atoms with Gasteiger partial charge in [-0.15, -0.1) is 0 Å². The third kappa shape index (κ3) is 2.50. The third-order valence-corrected chi connectivity index (χ3v) is 2.40. The number of nitrogens with zero attached hydrogens (tertiary/aromatic N) is 2. The van der Waals surface area contributed by atoms with Gasteiger partial charge in [0.05, 0.1) is 0 Å². The quantitative estimate of drug-likeness (QED) is 0.879. The van der Waals surface area contributed by atoms with E-state index in [-0.39, 0.29) is 5.91 Å². The smallest absolute Gasteiger partial charge is 0.256 e. The van der Waals surface area contributed by atoms with E-state index < -0.39 is 0 Å². The van der Waals surface area contributed by atoms with Gasteiger partial charge in [0, 0.05) is 5.56 Å². The molecule has 0 saturated carbocycles. The van der Waals surface area contributed by atoms with Crippen LogP contribution < -0.4 is 5.32 Å². The summed E-state index contributed by atoms with van der Waals surface area (Å²) in [6.07, 6.45) is 0.660. The van der Waals surface area contributed by atoms with Gasteiger partial charge in [-0.05, 0) is 30.6 Å². The Morgan fingerprint density at radius 1 is 1.41 bits per heavy atom. The van der Waals surface area contributed by atoms with Crippen LogP contribution >= 0.6 is 0 Å². The minimum atomic E-state index is -0.209. The lowest BCUT2D eigenvalue weighted by Crippen LogP contribution is -2.13. The number of carbonyl (C=O) groups excluding carboxylic acids is 1. The molecule has 0 aliphatic carbocycles. The Morgan fingerprint density at radius 2 is 2.24 bits per heavy atom. The highest BCUT2D eigenvalue weighted by Gasteiger charge is 2.12. The SMILES string of the molecule is CCc1nonc1NC(=O)c1cccc(C)c1. The molecule has 0 aliphatic rings. The molecule has 0 unspecified atom stereocenters. The van der Waals surface area contributed by atoms with Crippen LogP contribution in [0.5, 0.6) is 0 Å². The fourth-order valence-corrected chi connectivity index (χ4v) is 1.50. The zero-order chi connectivity index (χ0) is 12.3. The van der Waals surface area contributed by atoms with Gasteiger partial charge < -0.3 is 5.32 Å². The Labute approximate surface area is 98.8 Å². The molecule has 0 atom stereocenters. The Hall–Kier alpha value is -2.17. The van der Waals surface area contributed by atoms with E-state index in [9.17, 15) is 4.79 Å². The van der Waals surface area contributed by atoms with Gasteiger partial charge in [0.15, 0.2) is 0 Å². The summed E-state index contributed by atoms with van der Waals surface area (Å²) in [6.45, 7) is 3.85. The van der Waals surface area contributed by atoms with Crippen molar-refractivity contribution in [3.8, 4) is 0 Å². The summed E-state index contributed by atoms with van der Waals surface area (Å²) in [7, 11) is 0. The fraction of sp³-hybridized carbons (Fsp3) is 0.250. The summed E-state index contributed by atoms with van der Waals surface area (Å²) >= 11 is 0. The summed E-state index contributed by atoms with van der Waals surface area (Å²) in [6, 6.07) is 7.34. The first kappa shape index (κ1) is 11.3. The molecule has 1 heterocycles. The average Bonchev–Trinajstić information content (AvgIpc) is 2.76. The highest BCUT2D eigenvalue weighted by atomic mass is 16.6. The topological polar surface area (TPSA) is 68.0 Å². The molecule has 0 saturated heterocycles. The molecule has 0 aliphatic heterocycles. The Balaban J connectivity index is 2.17. The van der Waals surface area contributed by atoms with Crippen LogP contribution in [0.2, 0.25) is 0 Å². The molecule has 1 amide bonds. The largest absolute Gasteiger partial charge is 0.302 e. The Bertz CT molecular complexity index is 534. The van der Waals surface area contributed by atoms with Crippen LogP contribution in [-0.4, -0.2) is 16.2 Å². The Kier molecular flexibility index (Phi) is 3.18. The minimum absolute atomic E-state index is 0.209. The summed E-state index contributed by atoms with van der Waals surface area (Å²) < 4.78 is 4.58. The van der Waals surface area contributed by atoms with E-state index in [1.165, 1.54) is 0 Å². The number of hydrogen-bond acceptors (Lipinski definition) is 4. The van der Waals surface area contributed by atoms with Gasteiger partial charge in [-0.1, -0.05) is 29.8 Å². The van der Waals surface area contributed by atoms with E-state index >= 15 is 0 Å². The maximum atomic E-state index is 11.9.